The van der Waals surface area contributed by atoms with Crippen LogP contribution in [0.4, 0.5) is 0 Å². The smallest absolute Gasteiger partial charge is 0.180 e. The van der Waals surface area contributed by atoms with E-state index in [1.54, 1.807) is 6.20 Å². The number of aromatic amines is 1. The van der Waals surface area contributed by atoms with Crippen LogP contribution in [0.5, 0.6) is 0 Å². The molecule has 2 N–H and O–H groups in total. The third-order valence-electron chi connectivity index (χ3n) is 2.74. The quantitative estimate of drug-likeness (QED) is 0.716. The lowest BCUT2D eigenvalue weighted by molar-refractivity contribution is 0.0959. The van der Waals surface area contributed by atoms with Gasteiger partial charge in [0.1, 0.15) is 0 Å². The first-order valence-corrected chi connectivity index (χ1v) is 5.26. The van der Waals surface area contributed by atoms with Gasteiger partial charge in [0, 0.05) is 18.7 Å². The van der Waals surface area contributed by atoms with Crippen LogP contribution < -0.4 is 5.32 Å². The van der Waals surface area contributed by atoms with Gasteiger partial charge in [-0.1, -0.05) is 6.42 Å². The molecule has 3 nitrogen and oxygen atoms in total. The minimum atomic E-state index is 0.217. The van der Waals surface area contributed by atoms with Crippen molar-refractivity contribution in [3.63, 3.8) is 0 Å². The fourth-order valence-corrected chi connectivity index (χ4v) is 1.94. The second-order valence-electron chi connectivity index (χ2n) is 3.86. The first-order chi connectivity index (χ1) is 6.86. The number of H-pyrrole nitrogens is 1. The standard InChI is InChI=1S/C11H16N2O/c14-11(10-5-3-7-13-10)8-9-4-1-2-6-12-9/h3,5,7,9,12-13H,1-2,4,6,8H2. The molecule has 1 aliphatic heterocycles. The Balaban J connectivity index is 1.87. The van der Waals surface area contributed by atoms with Crippen LogP contribution in [-0.2, 0) is 0 Å². The second kappa shape index (κ2) is 4.42. The molecule has 1 atom stereocenters. The van der Waals surface area contributed by atoms with E-state index >= 15 is 0 Å². The minimum absolute atomic E-state index is 0.217. The number of carbonyl (C=O) groups excluding carboxylic acids is 1. The fourth-order valence-electron chi connectivity index (χ4n) is 1.94. The van der Waals surface area contributed by atoms with Crippen LogP contribution in [0.25, 0.3) is 0 Å². The van der Waals surface area contributed by atoms with Gasteiger partial charge in [-0.15, -0.1) is 0 Å². The number of piperidine rings is 1. The van der Waals surface area contributed by atoms with Gasteiger partial charge in [0.2, 0.25) is 0 Å². The Hall–Kier alpha value is -1.09. The molecule has 1 saturated heterocycles. The summed E-state index contributed by atoms with van der Waals surface area (Å²) in [6.07, 6.45) is 6.04. The van der Waals surface area contributed by atoms with E-state index in [1.807, 2.05) is 12.1 Å². The zero-order valence-electron chi connectivity index (χ0n) is 8.25. The topological polar surface area (TPSA) is 44.9 Å². The number of hydrogen-bond acceptors (Lipinski definition) is 2. The molecular weight excluding hydrogens is 176 g/mol. The molecule has 76 valence electrons. The SMILES string of the molecule is O=C(CC1CCCCN1)c1ccc[nH]1. The number of hydrogen-bond donors (Lipinski definition) is 2. The largest absolute Gasteiger partial charge is 0.359 e. The molecule has 3 heteroatoms. The van der Waals surface area contributed by atoms with Crippen LogP contribution >= 0.6 is 0 Å². The summed E-state index contributed by atoms with van der Waals surface area (Å²) in [5, 5.41) is 3.38. The van der Waals surface area contributed by atoms with E-state index in [1.165, 1.54) is 12.8 Å². The average Bonchev–Trinajstić information content (AvgIpc) is 2.72. The first-order valence-electron chi connectivity index (χ1n) is 5.26. The van der Waals surface area contributed by atoms with Crippen molar-refractivity contribution >= 4 is 5.78 Å². The van der Waals surface area contributed by atoms with Gasteiger partial charge in [-0.3, -0.25) is 4.79 Å². The summed E-state index contributed by atoms with van der Waals surface area (Å²) in [5.41, 5.74) is 0.734. The molecule has 2 rings (SSSR count). The highest BCUT2D eigenvalue weighted by molar-refractivity contribution is 5.94. The normalized spacial score (nSPS) is 22.1. The van der Waals surface area contributed by atoms with Crippen molar-refractivity contribution in [1.29, 1.82) is 0 Å². The predicted molar refractivity (Wildman–Crippen MR) is 55.4 cm³/mol. The third-order valence-corrected chi connectivity index (χ3v) is 2.74. The third kappa shape index (κ3) is 2.23. The Kier molecular flexibility index (Phi) is 2.99. The highest BCUT2D eigenvalue weighted by Gasteiger charge is 2.17. The summed E-state index contributed by atoms with van der Waals surface area (Å²) in [4.78, 5) is 14.7. The molecule has 1 unspecified atom stereocenters. The van der Waals surface area contributed by atoms with E-state index in [0.29, 0.717) is 12.5 Å². The summed E-state index contributed by atoms with van der Waals surface area (Å²) in [6.45, 7) is 1.06. The fraction of sp³-hybridized carbons (Fsp3) is 0.545. The molecule has 1 aliphatic rings. The molecule has 14 heavy (non-hydrogen) atoms. The molecule has 0 bridgehead atoms. The molecule has 0 amide bonds. The van der Waals surface area contributed by atoms with E-state index in [4.69, 9.17) is 0 Å². The number of nitrogens with one attached hydrogen (secondary N) is 2. The van der Waals surface area contributed by atoms with Crippen LogP contribution in [0.15, 0.2) is 18.3 Å². The number of aromatic nitrogens is 1. The van der Waals surface area contributed by atoms with Gasteiger partial charge in [-0.05, 0) is 31.5 Å². The molecule has 1 fully saturated rings. The van der Waals surface area contributed by atoms with Gasteiger partial charge >= 0.3 is 0 Å². The lowest BCUT2D eigenvalue weighted by Crippen LogP contribution is -2.35. The lowest BCUT2D eigenvalue weighted by atomic mass is 9.99. The van der Waals surface area contributed by atoms with Crippen molar-refractivity contribution in [2.75, 3.05) is 6.54 Å². The van der Waals surface area contributed by atoms with Crippen LogP contribution in [0.1, 0.15) is 36.2 Å². The van der Waals surface area contributed by atoms with Crippen molar-refractivity contribution in [3.05, 3.63) is 24.0 Å². The Morgan fingerprint density at radius 2 is 2.43 bits per heavy atom. The number of rotatable bonds is 3. The maximum absolute atomic E-state index is 11.7. The van der Waals surface area contributed by atoms with Crippen molar-refractivity contribution in [3.8, 4) is 0 Å². The second-order valence-corrected chi connectivity index (χ2v) is 3.86. The Morgan fingerprint density at radius 3 is 3.07 bits per heavy atom. The molecule has 1 aromatic rings. The van der Waals surface area contributed by atoms with Gasteiger partial charge in [0.15, 0.2) is 5.78 Å². The Bertz CT molecular complexity index is 286. The molecule has 2 heterocycles. The zero-order chi connectivity index (χ0) is 9.80. The Labute approximate surface area is 83.9 Å². The molecule has 0 spiro atoms. The van der Waals surface area contributed by atoms with Crippen molar-refractivity contribution < 1.29 is 4.79 Å². The van der Waals surface area contributed by atoms with E-state index in [2.05, 4.69) is 10.3 Å². The summed E-state index contributed by atoms with van der Waals surface area (Å²) in [5.74, 6) is 0.217. The monoisotopic (exact) mass is 192 g/mol. The highest BCUT2D eigenvalue weighted by Crippen LogP contribution is 2.12. The summed E-state index contributed by atoms with van der Waals surface area (Å²) in [7, 11) is 0. The number of carbonyl (C=O) groups is 1. The van der Waals surface area contributed by atoms with Gasteiger partial charge in [0.25, 0.3) is 0 Å². The zero-order valence-corrected chi connectivity index (χ0v) is 8.25. The summed E-state index contributed by atoms with van der Waals surface area (Å²) >= 11 is 0. The van der Waals surface area contributed by atoms with Crippen molar-refractivity contribution in [1.82, 2.24) is 10.3 Å². The van der Waals surface area contributed by atoms with E-state index in [9.17, 15) is 4.79 Å². The summed E-state index contributed by atoms with van der Waals surface area (Å²) < 4.78 is 0. The molecule has 0 aliphatic carbocycles. The minimum Gasteiger partial charge on any atom is -0.359 e. The van der Waals surface area contributed by atoms with Crippen molar-refractivity contribution in [2.24, 2.45) is 0 Å². The maximum atomic E-state index is 11.7. The van der Waals surface area contributed by atoms with Crippen LogP contribution in [0, 0.1) is 0 Å². The maximum Gasteiger partial charge on any atom is 0.180 e. The highest BCUT2D eigenvalue weighted by atomic mass is 16.1. The van der Waals surface area contributed by atoms with E-state index in [0.717, 1.165) is 18.7 Å². The van der Waals surface area contributed by atoms with Gasteiger partial charge in [-0.25, -0.2) is 0 Å². The van der Waals surface area contributed by atoms with Gasteiger partial charge < -0.3 is 10.3 Å². The van der Waals surface area contributed by atoms with Crippen LogP contribution in [0.2, 0.25) is 0 Å². The first kappa shape index (κ1) is 9.46. The molecule has 0 aromatic carbocycles. The average molecular weight is 192 g/mol. The van der Waals surface area contributed by atoms with E-state index in [-0.39, 0.29) is 5.78 Å². The van der Waals surface area contributed by atoms with Crippen LogP contribution in [-0.4, -0.2) is 23.4 Å². The molecule has 0 saturated carbocycles. The van der Waals surface area contributed by atoms with E-state index < -0.39 is 0 Å². The Morgan fingerprint density at radius 1 is 1.50 bits per heavy atom. The van der Waals surface area contributed by atoms with Gasteiger partial charge in [-0.2, -0.15) is 0 Å². The molecule has 1 aromatic heterocycles. The van der Waals surface area contributed by atoms with Crippen molar-refractivity contribution in [2.45, 2.75) is 31.7 Å². The van der Waals surface area contributed by atoms with Gasteiger partial charge in [0.05, 0.1) is 5.69 Å². The number of ketones is 1. The summed E-state index contributed by atoms with van der Waals surface area (Å²) in [6, 6.07) is 4.09. The lowest BCUT2D eigenvalue weighted by Gasteiger charge is -2.22. The molecule has 0 radical (unpaired) electrons. The number of Topliss-reactive ketones (excluding diaryl/α,β-unsaturated/α-hetero) is 1. The molecular formula is C11H16N2O. The van der Waals surface area contributed by atoms with Crippen LogP contribution in [0.3, 0.4) is 0 Å². The predicted octanol–water partition coefficient (Wildman–Crippen LogP) is 1.73.